The van der Waals surface area contributed by atoms with E-state index in [-0.39, 0.29) is 12.1 Å². The molecule has 0 saturated carbocycles. The molecule has 1 fully saturated rings. The van der Waals surface area contributed by atoms with E-state index in [0.29, 0.717) is 6.42 Å². The molecule has 0 aromatic rings. The lowest BCUT2D eigenvalue weighted by atomic mass is 9.90. The zero-order valence-corrected chi connectivity index (χ0v) is 7.25. The molecule has 66 valence electrons. The molecule has 0 N–H and O–H groups in total. The number of esters is 1. The van der Waals surface area contributed by atoms with Crippen LogP contribution in [0.4, 0.5) is 0 Å². The first-order valence-corrected chi connectivity index (χ1v) is 4.63. The summed E-state index contributed by atoms with van der Waals surface area (Å²) in [5.41, 5.74) is 3.87. The fraction of sp³-hybridized carbons (Fsp3) is 0.364. The summed E-state index contributed by atoms with van der Waals surface area (Å²) in [5, 5.41) is 0. The van der Waals surface area contributed by atoms with Gasteiger partial charge in [0.15, 0.2) is 0 Å². The molecule has 1 saturated heterocycles. The quantitative estimate of drug-likeness (QED) is 0.524. The second kappa shape index (κ2) is 2.34. The van der Waals surface area contributed by atoms with Crippen LogP contribution in [-0.2, 0) is 9.53 Å². The molecule has 1 unspecified atom stereocenters. The fourth-order valence-corrected chi connectivity index (χ4v) is 2.30. The molecule has 13 heavy (non-hydrogen) atoms. The number of carbonyl (C=O) groups excluding carboxylic acids is 1. The van der Waals surface area contributed by atoms with Crippen molar-refractivity contribution in [1.29, 1.82) is 0 Å². The second-order valence-corrected chi connectivity index (χ2v) is 3.66. The van der Waals surface area contributed by atoms with Crippen molar-refractivity contribution in [2.24, 2.45) is 0 Å². The van der Waals surface area contributed by atoms with Crippen LogP contribution in [0.2, 0.25) is 0 Å². The van der Waals surface area contributed by atoms with Crippen LogP contribution in [0.15, 0.2) is 34.9 Å². The van der Waals surface area contributed by atoms with Gasteiger partial charge in [-0.3, -0.25) is 4.79 Å². The Balaban J connectivity index is 2.08. The van der Waals surface area contributed by atoms with Gasteiger partial charge in [0.1, 0.15) is 6.10 Å². The molecule has 2 heteroatoms. The van der Waals surface area contributed by atoms with E-state index in [0.717, 1.165) is 12.8 Å². The predicted octanol–water partition coefficient (Wildman–Crippen LogP) is 1.89. The van der Waals surface area contributed by atoms with Crippen molar-refractivity contribution in [3.05, 3.63) is 34.9 Å². The van der Waals surface area contributed by atoms with Crippen LogP contribution in [0.5, 0.6) is 0 Å². The first-order valence-electron chi connectivity index (χ1n) is 4.63. The highest BCUT2D eigenvalue weighted by Gasteiger charge is 2.34. The smallest absolute Gasteiger partial charge is 0.310 e. The van der Waals surface area contributed by atoms with Crippen LogP contribution in [0.3, 0.4) is 0 Å². The molecule has 2 nitrogen and oxygen atoms in total. The van der Waals surface area contributed by atoms with Gasteiger partial charge in [-0.2, -0.15) is 0 Å². The minimum atomic E-state index is -0.0611. The lowest BCUT2D eigenvalue weighted by Crippen LogP contribution is -2.12. The molecular weight excluding hydrogens is 164 g/mol. The molecule has 0 bridgehead atoms. The maximum absolute atomic E-state index is 11.1. The molecule has 1 atom stereocenters. The van der Waals surface area contributed by atoms with Crippen molar-refractivity contribution in [1.82, 2.24) is 0 Å². The third kappa shape index (κ3) is 0.916. The summed E-state index contributed by atoms with van der Waals surface area (Å²) in [6, 6.07) is 0. The molecule has 3 rings (SSSR count). The van der Waals surface area contributed by atoms with Gasteiger partial charge in [-0.1, -0.05) is 18.2 Å². The highest BCUT2D eigenvalue weighted by Crippen LogP contribution is 2.39. The van der Waals surface area contributed by atoms with Crippen molar-refractivity contribution in [2.45, 2.75) is 25.4 Å². The average molecular weight is 174 g/mol. The monoisotopic (exact) mass is 174 g/mol. The molecule has 3 aliphatic rings. The molecule has 1 heterocycles. The van der Waals surface area contributed by atoms with Crippen LogP contribution in [0.25, 0.3) is 0 Å². The SMILES string of the molecule is O=C1CC2=C3CC=CC3=CCC2O1. The maximum Gasteiger partial charge on any atom is 0.310 e. The van der Waals surface area contributed by atoms with Crippen molar-refractivity contribution >= 4 is 5.97 Å². The Bertz CT molecular complexity index is 372. The number of fused-ring (bicyclic) bond motifs is 2. The van der Waals surface area contributed by atoms with Gasteiger partial charge in [0.2, 0.25) is 0 Å². The zero-order chi connectivity index (χ0) is 8.84. The normalized spacial score (nSPS) is 30.0. The molecular formula is C11H10O2. The molecule has 0 amide bonds. The summed E-state index contributed by atoms with van der Waals surface area (Å²) < 4.78 is 5.20. The van der Waals surface area contributed by atoms with E-state index in [4.69, 9.17) is 4.74 Å². The second-order valence-electron chi connectivity index (χ2n) is 3.66. The fourth-order valence-electron chi connectivity index (χ4n) is 2.30. The Morgan fingerprint density at radius 2 is 2.38 bits per heavy atom. The molecule has 0 aromatic carbocycles. The molecule has 0 spiro atoms. The lowest BCUT2D eigenvalue weighted by Gasteiger charge is -2.17. The van der Waals surface area contributed by atoms with E-state index >= 15 is 0 Å². The number of hydrogen-bond donors (Lipinski definition) is 0. The minimum absolute atomic E-state index is 0.0611. The van der Waals surface area contributed by atoms with E-state index in [2.05, 4.69) is 18.2 Å². The Kier molecular flexibility index (Phi) is 1.29. The maximum atomic E-state index is 11.1. The summed E-state index contributed by atoms with van der Waals surface area (Å²) >= 11 is 0. The van der Waals surface area contributed by atoms with Gasteiger partial charge in [0, 0.05) is 6.42 Å². The number of rotatable bonds is 0. The van der Waals surface area contributed by atoms with Crippen molar-refractivity contribution in [2.75, 3.05) is 0 Å². The molecule has 2 aliphatic carbocycles. The summed E-state index contributed by atoms with van der Waals surface area (Å²) in [5.74, 6) is -0.0611. The van der Waals surface area contributed by atoms with Crippen LogP contribution >= 0.6 is 0 Å². The summed E-state index contributed by atoms with van der Waals surface area (Å²) in [7, 11) is 0. The first kappa shape index (κ1) is 7.13. The van der Waals surface area contributed by atoms with E-state index in [9.17, 15) is 4.79 Å². The van der Waals surface area contributed by atoms with Gasteiger partial charge < -0.3 is 4.74 Å². The number of ether oxygens (including phenoxy) is 1. The Morgan fingerprint density at radius 3 is 3.31 bits per heavy atom. The molecule has 1 aliphatic heterocycles. The standard InChI is InChI=1S/C11H10O2/c12-11-6-9-8-3-1-2-7(8)4-5-10(9)13-11/h1-2,4,10H,3,5-6H2. The van der Waals surface area contributed by atoms with E-state index < -0.39 is 0 Å². The third-order valence-electron chi connectivity index (χ3n) is 2.90. The largest absolute Gasteiger partial charge is 0.457 e. The lowest BCUT2D eigenvalue weighted by molar-refractivity contribution is -0.141. The van der Waals surface area contributed by atoms with Crippen LogP contribution in [0, 0.1) is 0 Å². The Hall–Kier alpha value is -1.31. The van der Waals surface area contributed by atoms with Crippen molar-refractivity contribution in [3.63, 3.8) is 0 Å². The zero-order valence-electron chi connectivity index (χ0n) is 7.25. The van der Waals surface area contributed by atoms with Gasteiger partial charge in [-0.05, 0) is 23.1 Å². The van der Waals surface area contributed by atoms with Crippen LogP contribution in [-0.4, -0.2) is 12.1 Å². The summed E-state index contributed by atoms with van der Waals surface area (Å²) in [6.45, 7) is 0. The minimum Gasteiger partial charge on any atom is -0.457 e. The first-order chi connectivity index (χ1) is 6.34. The van der Waals surface area contributed by atoms with Gasteiger partial charge in [-0.15, -0.1) is 0 Å². The van der Waals surface area contributed by atoms with E-state index in [1.54, 1.807) is 0 Å². The molecule has 0 radical (unpaired) electrons. The highest BCUT2D eigenvalue weighted by atomic mass is 16.5. The highest BCUT2D eigenvalue weighted by molar-refractivity contribution is 5.78. The van der Waals surface area contributed by atoms with Gasteiger partial charge in [0.05, 0.1) is 6.42 Å². The van der Waals surface area contributed by atoms with Gasteiger partial charge in [0.25, 0.3) is 0 Å². The van der Waals surface area contributed by atoms with Crippen molar-refractivity contribution in [3.8, 4) is 0 Å². The number of allylic oxidation sites excluding steroid dienone is 4. The Labute approximate surface area is 76.6 Å². The summed E-state index contributed by atoms with van der Waals surface area (Å²) in [4.78, 5) is 11.1. The predicted molar refractivity (Wildman–Crippen MR) is 48.0 cm³/mol. The van der Waals surface area contributed by atoms with Crippen molar-refractivity contribution < 1.29 is 9.53 Å². The topological polar surface area (TPSA) is 26.3 Å². The molecule has 0 aromatic heterocycles. The van der Waals surface area contributed by atoms with Gasteiger partial charge in [-0.25, -0.2) is 0 Å². The van der Waals surface area contributed by atoms with E-state index in [1.165, 1.54) is 16.7 Å². The van der Waals surface area contributed by atoms with Crippen LogP contribution < -0.4 is 0 Å². The van der Waals surface area contributed by atoms with Gasteiger partial charge >= 0.3 is 5.97 Å². The summed E-state index contributed by atoms with van der Waals surface area (Å²) in [6.07, 6.45) is 8.88. The Morgan fingerprint density at radius 1 is 1.46 bits per heavy atom. The van der Waals surface area contributed by atoms with E-state index in [1.807, 2.05) is 0 Å². The van der Waals surface area contributed by atoms with Crippen LogP contribution in [0.1, 0.15) is 19.3 Å². The third-order valence-corrected chi connectivity index (χ3v) is 2.90. The number of carbonyl (C=O) groups is 1. The average Bonchev–Trinajstić information content (AvgIpc) is 2.65. The number of hydrogen-bond acceptors (Lipinski definition) is 2.